The van der Waals surface area contributed by atoms with Gasteiger partial charge >= 0.3 is 0 Å². The minimum atomic E-state index is -3.73. The number of ether oxygens (including phenoxy) is 2. The first-order valence-corrected chi connectivity index (χ1v) is 12.3. The average Bonchev–Trinajstić information content (AvgIpc) is 3.34. The number of allylic oxidation sites excluding steroid dienone is 2. The molecule has 3 aromatic carbocycles. The summed E-state index contributed by atoms with van der Waals surface area (Å²) >= 11 is 0. The molecular formula is C26H26N2O4S. The number of rotatable bonds is 6. The molecule has 1 heterocycles. The van der Waals surface area contributed by atoms with Crippen molar-refractivity contribution in [2.45, 2.75) is 23.3 Å². The molecule has 0 aromatic heterocycles. The SMILES string of the molecule is COc1ccc(NS(=O)(=O)c2ccc3c(c2)C2C=CCC2C(c2cccc(OC)c2)N3)cc1. The van der Waals surface area contributed by atoms with Crippen molar-refractivity contribution in [2.75, 3.05) is 24.3 Å². The number of anilines is 2. The molecule has 2 aliphatic rings. The van der Waals surface area contributed by atoms with Crippen LogP contribution in [0, 0.1) is 5.92 Å². The van der Waals surface area contributed by atoms with Gasteiger partial charge in [-0.3, -0.25) is 4.72 Å². The molecule has 1 aliphatic carbocycles. The first-order valence-electron chi connectivity index (χ1n) is 10.9. The van der Waals surface area contributed by atoms with E-state index in [2.05, 4.69) is 34.3 Å². The van der Waals surface area contributed by atoms with Gasteiger partial charge in [0.2, 0.25) is 0 Å². The Morgan fingerprint density at radius 1 is 0.939 bits per heavy atom. The number of methoxy groups -OCH3 is 2. The van der Waals surface area contributed by atoms with Gasteiger partial charge in [0.25, 0.3) is 10.0 Å². The van der Waals surface area contributed by atoms with Crippen molar-refractivity contribution < 1.29 is 17.9 Å². The van der Waals surface area contributed by atoms with Crippen LogP contribution in [-0.2, 0) is 10.0 Å². The number of fused-ring (bicyclic) bond motifs is 3. The average molecular weight is 463 g/mol. The van der Waals surface area contributed by atoms with E-state index in [1.807, 2.05) is 18.2 Å². The normalized spacial score (nSPS) is 21.0. The van der Waals surface area contributed by atoms with Crippen LogP contribution in [-0.4, -0.2) is 22.6 Å². The zero-order valence-electron chi connectivity index (χ0n) is 18.5. The number of sulfonamides is 1. The van der Waals surface area contributed by atoms with Crippen molar-refractivity contribution in [1.82, 2.24) is 0 Å². The van der Waals surface area contributed by atoms with Gasteiger partial charge in [-0.2, -0.15) is 0 Å². The highest BCUT2D eigenvalue weighted by atomic mass is 32.2. The molecule has 0 saturated carbocycles. The van der Waals surface area contributed by atoms with E-state index in [1.165, 1.54) is 0 Å². The lowest BCUT2D eigenvalue weighted by molar-refractivity contribution is 0.406. The topological polar surface area (TPSA) is 76.7 Å². The zero-order valence-corrected chi connectivity index (χ0v) is 19.3. The van der Waals surface area contributed by atoms with Crippen molar-refractivity contribution in [3.8, 4) is 11.5 Å². The molecule has 0 spiro atoms. The number of hydrogen-bond acceptors (Lipinski definition) is 5. The quantitative estimate of drug-likeness (QED) is 0.484. The van der Waals surface area contributed by atoms with Crippen molar-refractivity contribution in [1.29, 1.82) is 0 Å². The third-order valence-corrected chi connectivity index (χ3v) is 7.82. The summed E-state index contributed by atoms with van der Waals surface area (Å²) in [6.07, 6.45) is 5.32. The molecule has 7 heteroatoms. The Labute approximate surface area is 194 Å². The van der Waals surface area contributed by atoms with Crippen molar-refractivity contribution in [3.05, 3.63) is 90.0 Å². The van der Waals surface area contributed by atoms with E-state index in [9.17, 15) is 8.42 Å². The van der Waals surface area contributed by atoms with Crippen LogP contribution in [0.1, 0.15) is 29.5 Å². The minimum Gasteiger partial charge on any atom is -0.497 e. The fraction of sp³-hybridized carbons (Fsp3) is 0.231. The fourth-order valence-corrected chi connectivity index (χ4v) is 5.87. The molecule has 2 N–H and O–H groups in total. The third kappa shape index (κ3) is 4.04. The Hall–Kier alpha value is -3.45. The Morgan fingerprint density at radius 2 is 1.73 bits per heavy atom. The van der Waals surface area contributed by atoms with E-state index in [-0.39, 0.29) is 16.9 Å². The van der Waals surface area contributed by atoms with E-state index >= 15 is 0 Å². The van der Waals surface area contributed by atoms with Gasteiger partial charge in [-0.25, -0.2) is 8.42 Å². The molecule has 0 saturated heterocycles. The summed E-state index contributed by atoms with van der Waals surface area (Å²) in [5.74, 6) is 1.95. The van der Waals surface area contributed by atoms with Crippen LogP contribution in [0.2, 0.25) is 0 Å². The maximum atomic E-state index is 13.1. The highest BCUT2D eigenvalue weighted by molar-refractivity contribution is 7.92. The monoisotopic (exact) mass is 462 g/mol. The Balaban J connectivity index is 1.46. The van der Waals surface area contributed by atoms with E-state index in [1.54, 1.807) is 50.6 Å². The fourth-order valence-electron chi connectivity index (χ4n) is 4.78. The van der Waals surface area contributed by atoms with Gasteiger partial charge in [-0.1, -0.05) is 24.3 Å². The van der Waals surface area contributed by atoms with E-state index in [4.69, 9.17) is 9.47 Å². The van der Waals surface area contributed by atoms with Gasteiger partial charge < -0.3 is 14.8 Å². The Kier molecular flexibility index (Phi) is 5.50. The molecular weight excluding hydrogens is 436 g/mol. The molecule has 5 rings (SSSR count). The second kappa shape index (κ2) is 8.48. The molecule has 1 aliphatic heterocycles. The second-order valence-corrected chi connectivity index (χ2v) is 10.0. The van der Waals surface area contributed by atoms with Crippen molar-refractivity contribution in [2.24, 2.45) is 5.92 Å². The molecule has 3 aromatic rings. The van der Waals surface area contributed by atoms with E-state index in [0.29, 0.717) is 17.4 Å². The smallest absolute Gasteiger partial charge is 0.261 e. The van der Waals surface area contributed by atoms with Gasteiger partial charge in [-0.05, 0) is 78.1 Å². The van der Waals surface area contributed by atoms with Crippen LogP contribution >= 0.6 is 0 Å². The minimum absolute atomic E-state index is 0.118. The van der Waals surface area contributed by atoms with Crippen LogP contribution < -0.4 is 19.5 Å². The highest BCUT2D eigenvalue weighted by Crippen LogP contribution is 2.50. The summed E-state index contributed by atoms with van der Waals surface area (Å²) in [7, 11) is -0.484. The molecule has 0 bridgehead atoms. The first-order chi connectivity index (χ1) is 16.0. The largest absolute Gasteiger partial charge is 0.497 e. The lowest BCUT2D eigenvalue weighted by atomic mass is 9.77. The molecule has 3 atom stereocenters. The summed E-state index contributed by atoms with van der Waals surface area (Å²) in [5, 5.41) is 3.65. The zero-order chi connectivity index (χ0) is 23.0. The van der Waals surface area contributed by atoms with Crippen molar-refractivity contribution in [3.63, 3.8) is 0 Å². The maximum Gasteiger partial charge on any atom is 0.261 e. The standard InChI is InChI=1S/C26H26N2O4S/c1-31-19-11-9-18(10-12-19)28-33(29,30)21-13-14-25-24(16-21)22-7-4-8-23(22)26(27-25)17-5-3-6-20(15-17)32-2/h3-7,9-16,22-23,26-28H,8H2,1-2H3. The van der Waals surface area contributed by atoms with Gasteiger partial charge in [0.15, 0.2) is 0 Å². The third-order valence-electron chi connectivity index (χ3n) is 6.44. The predicted octanol–water partition coefficient (Wildman–Crippen LogP) is 5.33. The van der Waals surface area contributed by atoms with Crippen LogP contribution in [0.15, 0.2) is 83.8 Å². The molecule has 3 unspecified atom stereocenters. The molecule has 0 radical (unpaired) electrons. The van der Waals surface area contributed by atoms with Crippen LogP contribution in [0.5, 0.6) is 11.5 Å². The maximum absolute atomic E-state index is 13.1. The van der Waals surface area contributed by atoms with Gasteiger partial charge in [0.05, 0.1) is 25.2 Å². The molecule has 33 heavy (non-hydrogen) atoms. The summed E-state index contributed by atoms with van der Waals surface area (Å²) in [6.45, 7) is 0. The lowest BCUT2D eigenvalue weighted by Crippen LogP contribution is -2.29. The summed E-state index contributed by atoms with van der Waals surface area (Å²) < 4.78 is 39.4. The summed E-state index contributed by atoms with van der Waals surface area (Å²) in [4.78, 5) is 0.248. The van der Waals surface area contributed by atoms with Crippen LogP contribution in [0.4, 0.5) is 11.4 Å². The Bertz CT molecular complexity index is 1300. The summed E-state index contributed by atoms with van der Waals surface area (Å²) in [5.41, 5.74) is 3.62. The predicted molar refractivity (Wildman–Crippen MR) is 130 cm³/mol. The summed E-state index contributed by atoms with van der Waals surface area (Å²) in [6, 6.07) is 20.4. The molecule has 170 valence electrons. The molecule has 0 amide bonds. The number of benzene rings is 3. The highest BCUT2D eigenvalue weighted by Gasteiger charge is 2.38. The van der Waals surface area contributed by atoms with E-state index in [0.717, 1.165) is 29.0 Å². The molecule has 0 fully saturated rings. The van der Waals surface area contributed by atoms with E-state index < -0.39 is 10.0 Å². The van der Waals surface area contributed by atoms with Gasteiger partial charge in [0, 0.05) is 17.3 Å². The van der Waals surface area contributed by atoms with Gasteiger partial charge in [-0.15, -0.1) is 0 Å². The Morgan fingerprint density at radius 3 is 2.48 bits per heavy atom. The lowest BCUT2D eigenvalue weighted by Gasteiger charge is -2.37. The number of hydrogen-bond donors (Lipinski definition) is 2. The van der Waals surface area contributed by atoms with Crippen molar-refractivity contribution >= 4 is 21.4 Å². The van der Waals surface area contributed by atoms with Crippen LogP contribution in [0.25, 0.3) is 0 Å². The second-order valence-electron chi connectivity index (χ2n) is 8.34. The van der Waals surface area contributed by atoms with Gasteiger partial charge in [0.1, 0.15) is 11.5 Å². The first kappa shape index (κ1) is 21.4. The molecule has 6 nitrogen and oxygen atoms in total. The van der Waals surface area contributed by atoms with Crippen LogP contribution in [0.3, 0.4) is 0 Å². The number of nitrogens with one attached hydrogen (secondary N) is 2.